The second-order valence-corrected chi connectivity index (χ2v) is 6.12. The normalized spacial score (nSPS) is 10.2. The van der Waals surface area contributed by atoms with Crippen molar-refractivity contribution in [3.05, 3.63) is 71.9 Å². The highest BCUT2D eigenvalue weighted by Gasteiger charge is 2.17. The van der Waals surface area contributed by atoms with Gasteiger partial charge in [0, 0.05) is 30.4 Å². The zero-order valence-corrected chi connectivity index (χ0v) is 15.9. The number of benzene rings is 2. The highest BCUT2D eigenvalue weighted by Crippen LogP contribution is 2.21. The van der Waals surface area contributed by atoms with Crippen LogP contribution in [0.3, 0.4) is 0 Å². The number of hydrogen-bond acceptors (Lipinski definition) is 5. The Bertz CT molecular complexity index is 990. The molecule has 1 aromatic heterocycles. The minimum atomic E-state index is -0.132. The fraction of sp³-hybridized carbons (Fsp3) is 0.182. The van der Waals surface area contributed by atoms with Gasteiger partial charge >= 0.3 is 0 Å². The summed E-state index contributed by atoms with van der Waals surface area (Å²) in [6.45, 7) is 5.10. The van der Waals surface area contributed by atoms with Crippen molar-refractivity contribution in [3.63, 3.8) is 0 Å². The maximum absolute atomic E-state index is 12.9. The third-order valence-electron chi connectivity index (χ3n) is 4.31. The van der Waals surface area contributed by atoms with E-state index in [-0.39, 0.29) is 5.91 Å². The smallest absolute Gasteiger partial charge is 0.272 e. The molecule has 2 aromatic carbocycles. The van der Waals surface area contributed by atoms with E-state index in [1.54, 1.807) is 35.2 Å². The van der Waals surface area contributed by atoms with Crippen molar-refractivity contribution in [1.29, 1.82) is 5.26 Å². The number of nitriles is 1. The van der Waals surface area contributed by atoms with Crippen molar-refractivity contribution in [2.45, 2.75) is 13.8 Å². The quantitative estimate of drug-likeness (QED) is 0.701. The van der Waals surface area contributed by atoms with E-state index < -0.39 is 0 Å². The van der Waals surface area contributed by atoms with Crippen LogP contribution in [0.5, 0.6) is 0 Å². The van der Waals surface area contributed by atoms with Gasteiger partial charge in [0.15, 0.2) is 5.82 Å². The molecule has 0 saturated heterocycles. The van der Waals surface area contributed by atoms with E-state index in [0.717, 1.165) is 11.3 Å². The molecule has 28 heavy (non-hydrogen) atoms. The van der Waals surface area contributed by atoms with Crippen molar-refractivity contribution in [2.24, 2.45) is 0 Å². The van der Waals surface area contributed by atoms with Gasteiger partial charge in [-0.05, 0) is 38.1 Å². The SMILES string of the molecule is CCN(CC)C(=O)c1cc(Nc2ccc(C#N)cc2)nc(-c2ccccc2)n1. The highest BCUT2D eigenvalue weighted by atomic mass is 16.2. The highest BCUT2D eigenvalue weighted by molar-refractivity contribution is 5.93. The molecule has 0 aliphatic heterocycles. The third kappa shape index (κ3) is 4.33. The number of hydrogen-bond donors (Lipinski definition) is 1. The van der Waals surface area contributed by atoms with Gasteiger partial charge in [-0.15, -0.1) is 0 Å². The molecule has 3 aromatic rings. The molecular formula is C22H21N5O. The summed E-state index contributed by atoms with van der Waals surface area (Å²) in [6, 6.07) is 20.4. The summed E-state index contributed by atoms with van der Waals surface area (Å²) in [4.78, 5) is 23.7. The van der Waals surface area contributed by atoms with Gasteiger partial charge in [0.1, 0.15) is 11.5 Å². The average Bonchev–Trinajstić information content (AvgIpc) is 2.75. The molecule has 1 amide bonds. The van der Waals surface area contributed by atoms with Gasteiger partial charge in [-0.25, -0.2) is 9.97 Å². The Kier molecular flexibility index (Phi) is 5.97. The Hall–Kier alpha value is -3.72. The number of carbonyl (C=O) groups is 1. The average molecular weight is 371 g/mol. The van der Waals surface area contributed by atoms with Crippen LogP contribution in [0.4, 0.5) is 11.5 Å². The number of amides is 1. The van der Waals surface area contributed by atoms with Gasteiger partial charge in [0.2, 0.25) is 0 Å². The van der Waals surface area contributed by atoms with Crippen molar-refractivity contribution < 1.29 is 4.79 Å². The summed E-state index contributed by atoms with van der Waals surface area (Å²) in [6.07, 6.45) is 0. The van der Waals surface area contributed by atoms with Gasteiger partial charge in [-0.3, -0.25) is 4.79 Å². The molecule has 1 heterocycles. The van der Waals surface area contributed by atoms with Crippen molar-refractivity contribution >= 4 is 17.4 Å². The molecule has 0 fully saturated rings. The van der Waals surface area contributed by atoms with Gasteiger partial charge in [0.25, 0.3) is 5.91 Å². The van der Waals surface area contributed by atoms with Crippen molar-refractivity contribution in [1.82, 2.24) is 14.9 Å². The monoisotopic (exact) mass is 371 g/mol. The molecule has 0 aliphatic rings. The van der Waals surface area contributed by atoms with Gasteiger partial charge in [-0.2, -0.15) is 5.26 Å². The summed E-state index contributed by atoms with van der Waals surface area (Å²) < 4.78 is 0. The molecule has 1 N–H and O–H groups in total. The van der Waals surface area contributed by atoms with Gasteiger partial charge in [-0.1, -0.05) is 30.3 Å². The van der Waals surface area contributed by atoms with E-state index in [0.29, 0.717) is 36.0 Å². The Morgan fingerprint density at radius 1 is 1.04 bits per heavy atom. The summed E-state index contributed by atoms with van der Waals surface area (Å²) in [7, 11) is 0. The van der Waals surface area contributed by atoms with Crippen LogP contribution < -0.4 is 5.32 Å². The largest absolute Gasteiger partial charge is 0.340 e. The molecule has 0 radical (unpaired) electrons. The topological polar surface area (TPSA) is 81.9 Å². The Morgan fingerprint density at radius 3 is 2.32 bits per heavy atom. The van der Waals surface area contributed by atoms with Crippen LogP contribution in [0.15, 0.2) is 60.7 Å². The predicted octanol–water partition coefficient (Wildman–Crippen LogP) is 4.24. The van der Waals surface area contributed by atoms with Crippen LogP contribution in [-0.4, -0.2) is 33.9 Å². The molecule has 3 rings (SSSR count). The molecule has 0 unspecified atom stereocenters. The summed E-state index contributed by atoms with van der Waals surface area (Å²) in [5.74, 6) is 0.872. The first-order valence-electron chi connectivity index (χ1n) is 9.15. The van der Waals surface area contributed by atoms with Crippen LogP contribution in [0.2, 0.25) is 0 Å². The lowest BCUT2D eigenvalue weighted by atomic mass is 10.2. The Labute approximate surface area is 164 Å². The van der Waals surface area contributed by atoms with E-state index >= 15 is 0 Å². The zero-order chi connectivity index (χ0) is 19.9. The van der Waals surface area contributed by atoms with Crippen molar-refractivity contribution in [2.75, 3.05) is 18.4 Å². The lowest BCUT2D eigenvalue weighted by Crippen LogP contribution is -2.31. The maximum Gasteiger partial charge on any atom is 0.272 e. The molecule has 0 aliphatic carbocycles. The Balaban J connectivity index is 2.01. The van der Waals surface area contributed by atoms with E-state index in [2.05, 4.69) is 21.4 Å². The first kappa shape index (κ1) is 19.1. The molecule has 0 bridgehead atoms. The number of aromatic nitrogens is 2. The van der Waals surface area contributed by atoms with Crippen LogP contribution >= 0.6 is 0 Å². The molecule has 0 spiro atoms. The van der Waals surface area contributed by atoms with Crippen LogP contribution in [0.1, 0.15) is 29.9 Å². The standard InChI is InChI=1S/C22H21N5O/c1-3-27(4-2)22(28)19-14-20(24-18-12-10-16(15-23)11-13-18)26-21(25-19)17-8-6-5-7-9-17/h5-14H,3-4H2,1-2H3,(H,24,25,26). The summed E-state index contributed by atoms with van der Waals surface area (Å²) >= 11 is 0. The van der Waals surface area contributed by atoms with Crippen LogP contribution in [-0.2, 0) is 0 Å². The fourth-order valence-electron chi connectivity index (χ4n) is 2.79. The maximum atomic E-state index is 12.9. The third-order valence-corrected chi connectivity index (χ3v) is 4.31. The molecule has 6 heteroatoms. The lowest BCUT2D eigenvalue weighted by molar-refractivity contribution is 0.0767. The first-order chi connectivity index (χ1) is 13.6. The number of nitrogens with zero attached hydrogens (tertiary/aromatic N) is 4. The lowest BCUT2D eigenvalue weighted by Gasteiger charge is -2.19. The van der Waals surface area contributed by atoms with E-state index in [4.69, 9.17) is 5.26 Å². The minimum absolute atomic E-state index is 0.132. The van der Waals surface area contributed by atoms with Crippen LogP contribution in [0.25, 0.3) is 11.4 Å². The number of rotatable bonds is 6. The molecule has 0 saturated carbocycles. The van der Waals surface area contributed by atoms with E-state index in [9.17, 15) is 4.79 Å². The molecule has 6 nitrogen and oxygen atoms in total. The molecule has 140 valence electrons. The number of nitrogens with one attached hydrogen (secondary N) is 1. The van der Waals surface area contributed by atoms with Gasteiger partial charge in [0.05, 0.1) is 11.6 Å². The van der Waals surface area contributed by atoms with E-state index in [1.807, 2.05) is 44.2 Å². The minimum Gasteiger partial charge on any atom is -0.340 e. The number of anilines is 2. The summed E-state index contributed by atoms with van der Waals surface area (Å²) in [5, 5.41) is 12.1. The fourth-order valence-corrected chi connectivity index (χ4v) is 2.79. The van der Waals surface area contributed by atoms with Crippen molar-refractivity contribution in [3.8, 4) is 17.5 Å². The summed E-state index contributed by atoms with van der Waals surface area (Å²) in [5.41, 5.74) is 2.53. The zero-order valence-electron chi connectivity index (χ0n) is 15.9. The molecule has 0 atom stereocenters. The van der Waals surface area contributed by atoms with E-state index in [1.165, 1.54) is 0 Å². The van der Waals surface area contributed by atoms with Gasteiger partial charge < -0.3 is 10.2 Å². The predicted molar refractivity (Wildman–Crippen MR) is 109 cm³/mol. The number of carbonyl (C=O) groups excluding carboxylic acids is 1. The molecular weight excluding hydrogens is 350 g/mol. The van der Waals surface area contributed by atoms with Crippen LogP contribution in [0, 0.1) is 11.3 Å². The second kappa shape index (κ2) is 8.78. The first-order valence-corrected chi connectivity index (χ1v) is 9.15. The Morgan fingerprint density at radius 2 is 1.71 bits per heavy atom. The second-order valence-electron chi connectivity index (χ2n) is 6.12.